The van der Waals surface area contributed by atoms with Crippen LogP contribution in [0.3, 0.4) is 0 Å². The molecule has 7 nitrogen and oxygen atoms in total. The minimum Gasteiger partial charge on any atom is -0.345 e. The number of carbonyl (C=O) groups excluding carboxylic acids is 1. The van der Waals surface area contributed by atoms with E-state index < -0.39 is 4.92 Å². The number of nitrogens with zero attached hydrogens (tertiary/aromatic N) is 4. The average molecular weight is 392 g/mol. The third kappa shape index (κ3) is 5.07. The molecule has 0 aliphatic rings. The second-order valence-electron chi connectivity index (χ2n) is 6.99. The van der Waals surface area contributed by atoms with Crippen LogP contribution in [0.25, 0.3) is 11.3 Å². The number of aromatic nitrogens is 2. The Kier molecular flexibility index (Phi) is 6.39. The van der Waals surface area contributed by atoms with Crippen molar-refractivity contribution < 1.29 is 9.72 Å². The molecule has 1 amide bonds. The summed E-state index contributed by atoms with van der Waals surface area (Å²) in [5.41, 5.74) is 3.57. The zero-order valence-electron chi connectivity index (χ0n) is 16.6. The zero-order valence-corrected chi connectivity index (χ0v) is 16.6. The van der Waals surface area contributed by atoms with Gasteiger partial charge in [-0.05, 0) is 24.5 Å². The Hall–Kier alpha value is -3.48. The van der Waals surface area contributed by atoms with Crippen molar-refractivity contribution in [1.29, 1.82) is 0 Å². The number of benzene rings is 2. The largest absolute Gasteiger partial charge is 0.345 e. The molecule has 0 unspecified atom stereocenters. The summed E-state index contributed by atoms with van der Waals surface area (Å²) in [5.74, 6) is -0.134. The van der Waals surface area contributed by atoms with Crippen molar-refractivity contribution in [3.8, 4) is 11.3 Å². The zero-order chi connectivity index (χ0) is 20.8. The smallest absolute Gasteiger partial charge is 0.273 e. The van der Waals surface area contributed by atoms with Crippen molar-refractivity contribution in [1.82, 2.24) is 14.7 Å². The van der Waals surface area contributed by atoms with Gasteiger partial charge < -0.3 is 4.90 Å². The number of hydrogen-bond donors (Lipinski definition) is 0. The lowest BCUT2D eigenvalue weighted by atomic mass is 10.1. The molecule has 3 rings (SSSR count). The second kappa shape index (κ2) is 9.14. The van der Waals surface area contributed by atoms with Gasteiger partial charge in [0, 0.05) is 32.3 Å². The molecule has 0 aliphatic carbocycles. The van der Waals surface area contributed by atoms with Gasteiger partial charge >= 0.3 is 0 Å². The Morgan fingerprint density at radius 3 is 2.55 bits per heavy atom. The number of para-hydroxylation sites is 1. The van der Waals surface area contributed by atoms with E-state index in [1.807, 2.05) is 29.9 Å². The summed E-state index contributed by atoms with van der Waals surface area (Å²) in [6.07, 6.45) is 1.55. The minimum atomic E-state index is -0.450. The van der Waals surface area contributed by atoms with Gasteiger partial charge in [0.2, 0.25) is 5.91 Å². The van der Waals surface area contributed by atoms with Crippen molar-refractivity contribution in [2.75, 3.05) is 13.6 Å². The Morgan fingerprint density at radius 1 is 1.14 bits per heavy atom. The number of hydrogen-bond acceptors (Lipinski definition) is 4. The lowest BCUT2D eigenvalue weighted by Crippen LogP contribution is -2.29. The first-order valence-electron chi connectivity index (χ1n) is 9.50. The summed E-state index contributed by atoms with van der Waals surface area (Å²) >= 11 is 0. The molecule has 0 aliphatic heterocycles. The highest BCUT2D eigenvalue weighted by molar-refractivity contribution is 5.79. The molecule has 7 heteroatoms. The predicted octanol–water partition coefficient (Wildman–Crippen LogP) is 3.63. The van der Waals surface area contributed by atoms with E-state index in [2.05, 4.69) is 23.3 Å². The molecule has 1 heterocycles. The van der Waals surface area contributed by atoms with Crippen LogP contribution in [0.1, 0.15) is 17.7 Å². The molecule has 0 radical (unpaired) electrons. The molecule has 2 aromatic carbocycles. The van der Waals surface area contributed by atoms with E-state index >= 15 is 0 Å². The number of likely N-dealkylation sites (N-methyl/N-ethyl adjacent to an activating group) is 1. The molecular weight excluding hydrogens is 368 g/mol. The fourth-order valence-corrected chi connectivity index (χ4v) is 3.29. The maximum Gasteiger partial charge on any atom is 0.273 e. The van der Waals surface area contributed by atoms with Crippen LogP contribution in [0.2, 0.25) is 0 Å². The summed E-state index contributed by atoms with van der Waals surface area (Å²) in [6.45, 7) is 0.566. The van der Waals surface area contributed by atoms with Gasteiger partial charge in [0.1, 0.15) is 0 Å². The van der Waals surface area contributed by atoms with Gasteiger partial charge in [-0.25, -0.2) is 0 Å². The SMILES string of the molecule is CN(CCCc1cc(-c2ccccc2)n(C)n1)C(=O)Cc1ccccc1[N+](=O)[O-]. The molecular formula is C22H24N4O3. The van der Waals surface area contributed by atoms with Crippen LogP contribution in [-0.4, -0.2) is 39.1 Å². The van der Waals surface area contributed by atoms with Crippen LogP contribution in [-0.2, 0) is 24.7 Å². The maximum atomic E-state index is 12.5. The molecule has 0 bridgehead atoms. The van der Waals surface area contributed by atoms with E-state index in [0.717, 1.165) is 29.8 Å². The number of nitro groups is 1. The van der Waals surface area contributed by atoms with Crippen LogP contribution in [0.15, 0.2) is 60.7 Å². The molecule has 0 atom stereocenters. The van der Waals surface area contributed by atoms with Crippen molar-refractivity contribution >= 4 is 11.6 Å². The monoisotopic (exact) mass is 392 g/mol. The maximum absolute atomic E-state index is 12.5. The fourth-order valence-electron chi connectivity index (χ4n) is 3.29. The molecule has 0 saturated carbocycles. The lowest BCUT2D eigenvalue weighted by Gasteiger charge is -2.16. The Morgan fingerprint density at radius 2 is 1.83 bits per heavy atom. The first kappa shape index (κ1) is 20.3. The van der Waals surface area contributed by atoms with Gasteiger partial charge in [0.25, 0.3) is 5.69 Å². The van der Waals surface area contributed by atoms with Gasteiger partial charge in [0.05, 0.1) is 22.7 Å². The van der Waals surface area contributed by atoms with E-state index in [-0.39, 0.29) is 18.0 Å². The van der Waals surface area contributed by atoms with Crippen LogP contribution >= 0.6 is 0 Å². The summed E-state index contributed by atoms with van der Waals surface area (Å²) in [5, 5.41) is 15.7. The van der Waals surface area contributed by atoms with Crippen molar-refractivity contribution in [2.45, 2.75) is 19.3 Å². The molecule has 0 spiro atoms. The van der Waals surface area contributed by atoms with Crippen molar-refractivity contribution in [3.63, 3.8) is 0 Å². The first-order chi connectivity index (χ1) is 14.0. The van der Waals surface area contributed by atoms with Gasteiger partial charge in [0.15, 0.2) is 0 Å². The summed E-state index contributed by atoms with van der Waals surface area (Å²) in [7, 11) is 3.65. The molecule has 1 aromatic heterocycles. The van der Waals surface area contributed by atoms with E-state index in [1.54, 1.807) is 30.1 Å². The third-order valence-corrected chi connectivity index (χ3v) is 4.88. The number of carbonyl (C=O) groups is 1. The normalized spacial score (nSPS) is 10.7. The van der Waals surface area contributed by atoms with Gasteiger partial charge in [-0.1, -0.05) is 48.5 Å². The standard InChI is InChI=1S/C22H24N4O3/c1-24(22(27)15-18-11-6-7-13-20(18)26(28)29)14-8-12-19-16-21(25(2)23-19)17-9-4-3-5-10-17/h3-7,9-11,13,16H,8,12,14-15H2,1-2H3. The second-order valence-corrected chi connectivity index (χ2v) is 6.99. The minimum absolute atomic E-state index is 0.0174. The van der Waals surface area contributed by atoms with Gasteiger partial charge in [-0.3, -0.25) is 19.6 Å². The van der Waals surface area contributed by atoms with Crippen LogP contribution in [0, 0.1) is 10.1 Å². The first-order valence-corrected chi connectivity index (χ1v) is 9.50. The third-order valence-electron chi connectivity index (χ3n) is 4.88. The van der Waals surface area contributed by atoms with E-state index in [1.165, 1.54) is 6.07 Å². The Bertz CT molecular complexity index is 998. The summed E-state index contributed by atoms with van der Waals surface area (Å²) < 4.78 is 1.87. The van der Waals surface area contributed by atoms with Crippen LogP contribution in [0.5, 0.6) is 0 Å². The highest BCUT2D eigenvalue weighted by Gasteiger charge is 2.17. The Labute approximate surface area is 169 Å². The number of nitro benzene ring substituents is 1. The van der Waals surface area contributed by atoms with Gasteiger partial charge in [-0.15, -0.1) is 0 Å². The van der Waals surface area contributed by atoms with Gasteiger partial charge in [-0.2, -0.15) is 5.10 Å². The topological polar surface area (TPSA) is 81.3 Å². The van der Waals surface area contributed by atoms with E-state index in [0.29, 0.717) is 12.1 Å². The number of amides is 1. The highest BCUT2D eigenvalue weighted by Crippen LogP contribution is 2.21. The van der Waals surface area contributed by atoms with E-state index in [4.69, 9.17) is 0 Å². The molecule has 0 fully saturated rings. The number of aryl methyl sites for hydroxylation is 2. The van der Waals surface area contributed by atoms with Crippen molar-refractivity contribution in [2.24, 2.45) is 7.05 Å². The fraction of sp³-hybridized carbons (Fsp3) is 0.273. The summed E-state index contributed by atoms with van der Waals surface area (Å²) in [4.78, 5) is 24.7. The average Bonchev–Trinajstić information content (AvgIpc) is 3.09. The highest BCUT2D eigenvalue weighted by atomic mass is 16.6. The van der Waals surface area contributed by atoms with Crippen LogP contribution < -0.4 is 0 Å². The molecule has 0 saturated heterocycles. The number of rotatable bonds is 8. The molecule has 29 heavy (non-hydrogen) atoms. The Balaban J connectivity index is 1.54. The molecule has 0 N–H and O–H groups in total. The summed E-state index contributed by atoms with van der Waals surface area (Å²) in [6, 6.07) is 18.5. The van der Waals surface area contributed by atoms with Crippen LogP contribution in [0.4, 0.5) is 5.69 Å². The molecule has 3 aromatic rings. The predicted molar refractivity (Wildman–Crippen MR) is 111 cm³/mol. The molecule has 150 valence electrons. The quantitative estimate of drug-likeness (QED) is 0.433. The van der Waals surface area contributed by atoms with E-state index in [9.17, 15) is 14.9 Å². The lowest BCUT2D eigenvalue weighted by molar-refractivity contribution is -0.385. The van der Waals surface area contributed by atoms with Crippen molar-refractivity contribution in [3.05, 3.63) is 82.0 Å².